The molecule has 0 heterocycles. The van der Waals surface area contributed by atoms with E-state index in [0.717, 1.165) is 17.7 Å². The summed E-state index contributed by atoms with van der Waals surface area (Å²) in [5, 5.41) is 2.28. The van der Waals surface area contributed by atoms with Crippen molar-refractivity contribution < 1.29 is 13.6 Å². The lowest BCUT2D eigenvalue weighted by Gasteiger charge is -2.11. The van der Waals surface area contributed by atoms with Gasteiger partial charge >= 0.3 is 0 Å². The highest BCUT2D eigenvalue weighted by molar-refractivity contribution is 8.00. The van der Waals surface area contributed by atoms with E-state index in [-0.39, 0.29) is 16.8 Å². The van der Waals surface area contributed by atoms with E-state index in [1.807, 2.05) is 42.5 Å². The maximum atomic E-state index is 13.1. The molecule has 23 heavy (non-hydrogen) atoms. The molecule has 5 heteroatoms. The van der Waals surface area contributed by atoms with Crippen LogP contribution in [0, 0.1) is 11.6 Å². The SMILES string of the molecule is C[C@H](SC/C=C/c1ccccc1)C(=O)Nc1ccc(F)c(F)c1. The molecule has 0 saturated carbocycles. The Morgan fingerprint density at radius 3 is 2.61 bits per heavy atom. The van der Waals surface area contributed by atoms with Crippen molar-refractivity contribution >= 4 is 29.4 Å². The van der Waals surface area contributed by atoms with Crippen LogP contribution in [0.1, 0.15) is 12.5 Å². The van der Waals surface area contributed by atoms with Crippen molar-refractivity contribution in [2.45, 2.75) is 12.2 Å². The molecule has 120 valence electrons. The number of nitrogens with one attached hydrogen (secondary N) is 1. The number of hydrogen-bond acceptors (Lipinski definition) is 2. The molecule has 0 spiro atoms. The van der Waals surface area contributed by atoms with Gasteiger partial charge in [0.2, 0.25) is 5.91 Å². The highest BCUT2D eigenvalue weighted by Crippen LogP contribution is 2.17. The zero-order valence-corrected chi connectivity index (χ0v) is 13.4. The van der Waals surface area contributed by atoms with Crippen LogP contribution >= 0.6 is 11.8 Å². The first-order valence-corrected chi connectivity index (χ1v) is 8.20. The Morgan fingerprint density at radius 1 is 1.17 bits per heavy atom. The number of thioether (sulfide) groups is 1. The average molecular weight is 333 g/mol. The lowest BCUT2D eigenvalue weighted by molar-refractivity contribution is -0.115. The molecule has 0 radical (unpaired) electrons. The van der Waals surface area contributed by atoms with Gasteiger partial charge < -0.3 is 5.32 Å². The van der Waals surface area contributed by atoms with E-state index < -0.39 is 11.6 Å². The van der Waals surface area contributed by atoms with E-state index in [2.05, 4.69) is 5.32 Å². The fraction of sp³-hybridized carbons (Fsp3) is 0.167. The van der Waals surface area contributed by atoms with Crippen LogP contribution in [0.2, 0.25) is 0 Å². The summed E-state index contributed by atoms with van der Waals surface area (Å²) in [5.41, 5.74) is 1.35. The summed E-state index contributed by atoms with van der Waals surface area (Å²) in [7, 11) is 0. The minimum atomic E-state index is -0.978. The second-order valence-corrected chi connectivity index (χ2v) is 6.28. The zero-order chi connectivity index (χ0) is 16.7. The number of hydrogen-bond donors (Lipinski definition) is 1. The minimum absolute atomic E-state index is 0.242. The first-order chi connectivity index (χ1) is 11.1. The van der Waals surface area contributed by atoms with Crippen molar-refractivity contribution in [3.63, 3.8) is 0 Å². The smallest absolute Gasteiger partial charge is 0.237 e. The monoisotopic (exact) mass is 333 g/mol. The number of anilines is 1. The first kappa shape index (κ1) is 17.2. The van der Waals surface area contributed by atoms with Gasteiger partial charge in [0.1, 0.15) is 0 Å². The number of benzene rings is 2. The Bertz CT molecular complexity index is 689. The number of amides is 1. The predicted molar refractivity (Wildman–Crippen MR) is 92.4 cm³/mol. The summed E-state index contributed by atoms with van der Waals surface area (Å²) in [6.45, 7) is 1.77. The van der Waals surface area contributed by atoms with E-state index in [9.17, 15) is 13.6 Å². The van der Waals surface area contributed by atoms with E-state index in [4.69, 9.17) is 0 Å². The van der Waals surface area contributed by atoms with Crippen molar-refractivity contribution in [3.05, 3.63) is 71.8 Å². The molecular weight excluding hydrogens is 316 g/mol. The summed E-state index contributed by atoms with van der Waals surface area (Å²) in [6.07, 6.45) is 3.98. The van der Waals surface area contributed by atoms with Gasteiger partial charge in [0.15, 0.2) is 11.6 Å². The lowest BCUT2D eigenvalue weighted by atomic mass is 10.2. The fourth-order valence-electron chi connectivity index (χ4n) is 1.84. The molecule has 0 unspecified atom stereocenters. The molecule has 1 atom stereocenters. The Balaban J connectivity index is 1.80. The van der Waals surface area contributed by atoms with Crippen LogP contribution in [-0.2, 0) is 4.79 Å². The maximum Gasteiger partial charge on any atom is 0.237 e. The van der Waals surface area contributed by atoms with E-state index in [1.54, 1.807) is 6.92 Å². The second-order valence-electron chi connectivity index (χ2n) is 4.91. The third-order valence-corrected chi connectivity index (χ3v) is 4.21. The molecule has 2 aromatic rings. The number of carbonyl (C=O) groups is 1. The first-order valence-electron chi connectivity index (χ1n) is 7.15. The molecule has 2 aromatic carbocycles. The summed E-state index contributed by atoms with van der Waals surface area (Å²) >= 11 is 1.46. The molecule has 0 fully saturated rings. The molecule has 0 bridgehead atoms. The lowest BCUT2D eigenvalue weighted by Crippen LogP contribution is -2.22. The summed E-state index contributed by atoms with van der Waals surface area (Å²) in [5.74, 6) is -1.47. The Morgan fingerprint density at radius 2 is 1.91 bits per heavy atom. The molecule has 2 nitrogen and oxygen atoms in total. The molecule has 0 saturated heterocycles. The summed E-state index contributed by atoms with van der Waals surface area (Å²) in [6, 6.07) is 13.2. The third-order valence-electron chi connectivity index (χ3n) is 3.11. The summed E-state index contributed by atoms with van der Waals surface area (Å²) < 4.78 is 25.9. The van der Waals surface area contributed by atoms with Crippen LogP contribution in [0.5, 0.6) is 0 Å². The van der Waals surface area contributed by atoms with E-state index >= 15 is 0 Å². The molecule has 2 rings (SSSR count). The Hall–Kier alpha value is -2.14. The van der Waals surface area contributed by atoms with E-state index in [1.165, 1.54) is 17.8 Å². The molecule has 0 aliphatic rings. The van der Waals surface area contributed by atoms with Gasteiger partial charge in [0.25, 0.3) is 0 Å². The van der Waals surface area contributed by atoms with Gasteiger partial charge in [-0.25, -0.2) is 8.78 Å². The number of carbonyl (C=O) groups excluding carboxylic acids is 1. The minimum Gasteiger partial charge on any atom is -0.325 e. The highest BCUT2D eigenvalue weighted by atomic mass is 32.2. The van der Waals surface area contributed by atoms with Crippen LogP contribution in [0.3, 0.4) is 0 Å². The zero-order valence-electron chi connectivity index (χ0n) is 12.6. The quantitative estimate of drug-likeness (QED) is 0.827. The Kier molecular flexibility index (Phi) is 6.35. The normalized spacial score (nSPS) is 12.3. The maximum absolute atomic E-state index is 13.1. The van der Waals surface area contributed by atoms with Gasteiger partial charge in [-0.05, 0) is 24.6 Å². The second kappa shape index (κ2) is 8.48. The standard InChI is InChI=1S/C18H17F2NOS/c1-13(23-11-5-8-14-6-3-2-4-7-14)18(22)21-15-9-10-16(19)17(20)12-15/h2-10,12-13H,11H2,1H3,(H,21,22)/b8-5+/t13-/m0/s1. The molecule has 1 amide bonds. The topological polar surface area (TPSA) is 29.1 Å². The highest BCUT2D eigenvalue weighted by Gasteiger charge is 2.13. The fourth-order valence-corrected chi connectivity index (χ4v) is 2.55. The van der Waals surface area contributed by atoms with Crippen LogP contribution in [-0.4, -0.2) is 16.9 Å². The third kappa shape index (κ3) is 5.53. The van der Waals surface area contributed by atoms with Gasteiger partial charge in [-0.3, -0.25) is 4.79 Å². The largest absolute Gasteiger partial charge is 0.325 e. The van der Waals surface area contributed by atoms with Crippen LogP contribution in [0.4, 0.5) is 14.5 Å². The molecule has 0 aromatic heterocycles. The number of rotatable bonds is 6. The van der Waals surface area contributed by atoms with Crippen molar-refractivity contribution in [2.75, 3.05) is 11.1 Å². The molecule has 0 aliphatic heterocycles. The molecular formula is C18H17F2NOS. The number of halogens is 2. The average Bonchev–Trinajstić information content (AvgIpc) is 2.55. The van der Waals surface area contributed by atoms with Crippen LogP contribution in [0.15, 0.2) is 54.6 Å². The van der Waals surface area contributed by atoms with Crippen molar-refractivity contribution in [2.24, 2.45) is 0 Å². The van der Waals surface area contributed by atoms with Gasteiger partial charge in [-0.15, -0.1) is 11.8 Å². The van der Waals surface area contributed by atoms with Crippen molar-refractivity contribution in [1.82, 2.24) is 0 Å². The molecule has 0 aliphatic carbocycles. The van der Waals surface area contributed by atoms with Gasteiger partial charge in [-0.2, -0.15) is 0 Å². The van der Waals surface area contributed by atoms with Crippen LogP contribution < -0.4 is 5.32 Å². The van der Waals surface area contributed by atoms with E-state index in [0.29, 0.717) is 5.75 Å². The van der Waals surface area contributed by atoms with Gasteiger partial charge in [-0.1, -0.05) is 42.5 Å². The van der Waals surface area contributed by atoms with Crippen molar-refractivity contribution in [1.29, 1.82) is 0 Å². The molecule has 1 N–H and O–H groups in total. The Labute approximate surface area is 138 Å². The van der Waals surface area contributed by atoms with Gasteiger partial charge in [0, 0.05) is 17.5 Å². The van der Waals surface area contributed by atoms with Crippen molar-refractivity contribution in [3.8, 4) is 0 Å². The van der Waals surface area contributed by atoms with Crippen LogP contribution in [0.25, 0.3) is 6.08 Å². The predicted octanol–water partition coefficient (Wildman–Crippen LogP) is 4.74. The summed E-state index contributed by atoms with van der Waals surface area (Å²) in [4.78, 5) is 12.0. The van der Waals surface area contributed by atoms with Gasteiger partial charge in [0.05, 0.1) is 5.25 Å².